The second-order valence-corrected chi connectivity index (χ2v) is 7.61. The van der Waals surface area contributed by atoms with E-state index in [9.17, 15) is 9.59 Å². The van der Waals surface area contributed by atoms with Gasteiger partial charge in [-0.3, -0.25) is 9.59 Å². The van der Waals surface area contributed by atoms with Gasteiger partial charge >= 0.3 is 0 Å². The Hall–Kier alpha value is -2.18. The molecule has 0 saturated carbocycles. The van der Waals surface area contributed by atoms with Crippen molar-refractivity contribution in [3.8, 4) is 0 Å². The Morgan fingerprint density at radius 1 is 1.00 bits per heavy atom. The number of carbonyl (C=O) groups excluding carboxylic acids is 2. The SMILES string of the molecule is CC(C)CC(=O)N1CCC(C(=O)N2CCN(c3ncccn3)CC2)CC1. The molecule has 0 N–H and O–H groups in total. The number of hydrogen-bond acceptors (Lipinski definition) is 5. The zero-order chi connectivity index (χ0) is 18.5. The van der Waals surface area contributed by atoms with Crippen LogP contribution in [0.15, 0.2) is 18.5 Å². The van der Waals surface area contributed by atoms with Crippen molar-refractivity contribution >= 4 is 17.8 Å². The molecule has 2 aliphatic heterocycles. The highest BCUT2D eigenvalue weighted by atomic mass is 16.2. The number of piperazine rings is 1. The van der Waals surface area contributed by atoms with E-state index in [1.807, 2.05) is 15.9 Å². The molecule has 0 atom stereocenters. The number of anilines is 1. The first-order valence-corrected chi connectivity index (χ1v) is 9.63. The fraction of sp³-hybridized carbons (Fsp3) is 0.684. The molecule has 1 aromatic heterocycles. The molecule has 7 nitrogen and oxygen atoms in total. The standard InChI is InChI=1S/C19H29N5O2/c1-15(2)14-17(25)22-8-4-16(5-9-22)18(26)23-10-12-24(13-11-23)19-20-6-3-7-21-19/h3,6-7,15-16H,4-5,8-14H2,1-2H3. The number of rotatable bonds is 4. The van der Waals surface area contributed by atoms with Gasteiger partial charge in [0, 0.05) is 64.0 Å². The van der Waals surface area contributed by atoms with Gasteiger partial charge in [0.05, 0.1) is 0 Å². The van der Waals surface area contributed by atoms with Crippen molar-refractivity contribution in [2.75, 3.05) is 44.2 Å². The molecule has 1 aromatic rings. The second-order valence-electron chi connectivity index (χ2n) is 7.61. The lowest BCUT2D eigenvalue weighted by Gasteiger charge is -2.38. The van der Waals surface area contributed by atoms with Gasteiger partial charge in [-0.05, 0) is 24.8 Å². The first kappa shape index (κ1) is 18.6. The first-order valence-electron chi connectivity index (χ1n) is 9.63. The predicted molar refractivity (Wildman–Crippen MR) is 99.6 cm³/mol. The largest absolute Gasteiger partial charge is 0.343 e. The third-order valence-electron chi connectivity index (χ3n) is 5.21. The summed E-state index contributed by atoms with van der Waals surface area (Å²) in [6, 6.07) is 1.81. The van der Waals surface area contributed by atoms with Crippen LogP contribution in [-0.4, -0.2) is 70.9 Å². The van der Waals surface area contributed by atoms with Crippen molar-refractivity contribution in [2.45, 2.75) is 33.1 Å². The minimum Gasteiger partial charge on any atom is -0.343 e. The smallest absolute Gasteiger partial charge is 0.225 e. The fourth-order valence-electron chi connectivity index (χ4n) is 3.69. The predicted octanol–water partition coefficient (Wildman–Crippen LogP) is 1.41. The average Bonchev–Trinajstić information content (AvgIpc) is 2.68. The topological polar surface area (TPSA) is 69.6 Å². The molecule has 26 heavy (non-hydrogen) atoms. The van der Waals surface area contributed by atoms with E-state index in [1.165, 1.54) is 0 Å². The van der Waals surface area contributed by atoms with Crippen LogP contribution in [0.1, 0.15) is 33.1 Å². The lowest BCUT2D eigenvalue weighted by atomic mass is 9.94. The summed E-state index contributed by atoms with van der Waals surface area (Å²) in [6.45, 7) is 8.50. The molecule has 2 fully saturated rings. The first-order chi connectivity index (χ1) is 12.5. The maximum absolute atomic E-state index is 12.8. The highest BCUT2D eigenvalue weighted by molar-refractivity contribution is 5.80. The van der Waals surface area contributed by atoms with Crippen molar-refractivity contribution < 1.29 is 9.59 Å². The summed E-state index contributed by atoms with van der Waals surface area (Å²) in [5.41, 5.74) is 0. The molecule has 2 amide bonds. The molecule has 0 aliphatic carbocycles. The van der Waals surface area contributed by atoms with Crippen LogP contribution in [0.5, 0.6) is 0 Å². The molecular weight excluding hydrogens is 330 g/mol. The lowest BCUT2D eigenvalue weighted by molar-refractivity contribution is -0.141. The monoisotopic (exact) mass is 359 g/mol. The van der Waals surface area contributed by atoms with Gasteiger partial charge in [-0.25, -0.2) is 9.97 Å². The molecule has 3 rings (SSSR count). The van der Waals surface area contributed by atoms with Crippen LogP contribution in [0.3, 0.4) is 0 Å². The van der Waals surface area contributed by atoms with Gasteiger partial charge in [-0.1, -0.05) is 13.8 Å². The fourth-order valence-corrected chi connectivity index (χ4v) is 3.69. The number of hydrogen-bond donors (Lipinski definition) is 0. The van der Waals surface area contributed by atoms with Crippen LogP contribution in [0, 0.1) is 11.8 Å². The van der Waals surface area contributed by atoms with E-state index in [4.69, 9.17) is 0 Å². The van der Waals surface area contributed by atoms with Crippen LogP contribution < -0.4 is 4.90 Å². The van der Waals surface area contributed by atoms with Crippen molar-refractivity contribution in [3.63, 3.8) is 0 Å². The van der Waals surface area contributed by atoms with Crippen LogP contribution in [-0.2, 0) is 9.59 Å². The van der Waals surface area contributed by atoms with Gasteiger partial charge in [-0.15, -0.1) is 0 Å². The van der Waals surface area contributed by atoms with Gasteiger partial charge < -0.3 is 14.7 Å². The van der Waals surface area contributed by atoms with Crippen molar-refractivity contribution in [1.82, 2.24) is 19.8 Å². The van der Waals surface area contributed by atoms with Gasteiger partial charge in [-0.2, -0.15) is 0 Å². The molecule has 7 heteroatoms. The van der Waals surface area contributed by atoms with Gasteiger partial charge in [0.15, 0.2) is 0 Å². The normalized spacial score (nSPS) is 19.1. The molecular formula is C19H29N5O2. The van der Waals surface area contributed by atoms with Gasteiger partial charge in [0.1, 0.15) is 0 Å². The molecule has 0 aromatic carbocycles. The minimum absolute atomic E-state index is 0.0534. The molecule has 0 spiro atoms. The Morgan fingerprint density at radius 2 is 1.62 bits per heavy atom. The zero-order valence-corrected chi connectivity index (χ0v) is 15.8. The minimum atomic E-state index is 0.0534. The third kappa shape index (κ3) is 4.51. The number of carbonyl (C=O) groups is 2. The number of piperidine rings is 1. The third-order valence-corrected chi connectivity index (χ3v) is 5.21. The summed E-state index contributed by atoms with van der Waals surface area (Å²) in [7, 11) is 0. The quantitative estimate of drug-likeness (QED) is 0.813. The molecule has 0 radical (unpaired) electrons. The molecule has 0 bridgehead atoms. The van der Waals surface area contributed by atoms with E-state index in [0.29, 0.717) is 38.5 Å². The number of amides is 2. The average molecular weight is 359 g/mol. The van der Waals surface area contributed by atoms with Gasteiger partial charge in [0.25, 0.3) is 0 Å². The Bertz CT molecular complexity index is 606. The number of aromatic nitrogens is 2. The van der Waals surface area contributed by atoms with Gasteiger partial charge in [0.2, 0.25) is 17.8 Å². The molecule has 2 saturated heterocycles. The summed E-state index contributed by atoms with van der Waals surface area (Å²) in [4.78, 5) is 39.6. The summed E-state index contributed by atoms with van der Waals surface area (Å²) in [5, 5.41) is 0. The molecule has 2 aliphatic rings. The summed E-state index contributed by atoms with van der Waals surface area (Å²) in [5.74, 6) is 1.64. The van der Waals surface area contributed by atoms with E-state index in [1.54, 1.807) is 12.4 Å². The lowest BCUT2D eigenvalue weighted by Crippen LogP contribution is -2.52. The maximum Gasteiger partial charge on any atom is 0.225 e. The van der Waals surface area contributed by atoms with Crippen molar-refractivity contribution in [1.29, 1.82) is 0 Å². The van der Waals surface area contributed by atoms with Crippen molar-refractivity contribution in [3.05, 3.63) is 18.5 Å². The van der Waals surface area contributed by atoms with E-state index in [-0.39, 0.29) is 17.7 Å². The van der Waals surface area contributed by atoms with E-state index >= 15 is 0 Å². The van der Waals surface area contributed by atoms with Crippen LogP contribution in [0.2, 0.25) is 0 Å². The Labute approximate surface area is 155 Å². The molecule has 3 heterocycles. The number of nitrogens with zero attached hydrogens (tertiary/aromatic N) is 5. The van der Waals surface area contributed by atoms with E-state index in [0.717, 1.165) is 31.9 Å². The van der Waals surface area contributed by atoms with Crippen LogP contribution in [0.25, 0.3) is 0 Å². The number of likely N-dealkylation sites (tertiary alicyclic amines) is 1. The Morgan fingerprint density at radius 3 is 2.19 bits per heavy atom. The summed E-state index contributed by atoms with van der Waals surface area (Å²) < 4.78 is 0. The van der Waals surface area contributed by atoms with Crippen molar-refractivity contribution in [2.24, 2.45) is 11.8 Å². The summed E-state index contributed by atoms with van der Waals surface area (Å²) >= 11 is 0. The van der Waals surface area contributed by atoms with E-state index < -0.39 is 0 Å². The maximum atomic E-state index is 12.8. The second kappa shape index (κ2) is 8.47. The van der Waals surface area contributed by atoms with Crippen LogP contribution in [0.4, 0.5) is 5.95 Å². The highest BCUT2D eigenvalue weighted by Gasteiger charge is 2.32. The Kier molecular flexibility index (Phi) is 6.06. The van der Waals surface area contributed by atoms with Crippen LogP contribution >= 0.6 is 0 Å². The van der Waals surface area contributed by atoms with E-state index in [2.05, 4.69) is 28.7 Å². The zero-order valence-electron chi connectivity index (χ0n) is 15.8. The highest BCUT2D eigenvalue weighted by Crippen LogP contribution is 2.22. The molecule has 0 unspecified atom stereocenters. The molecule has 142 valence electrons. The summed E-state index contributed by atoms with van der Waals surface area (Å²) in [6.07, 6.45) is 5.65. The Balaban J connectivity index is 1.45.